The number of phosphoric acid groups is 1. The minimum Gasteiger partial charge on any atom is -0.462 e. The molecule has 0 fully saturated rings. The number of esters is 3. The molecule has 0 radical (unpaired) electrons. The molecule has 0 aliphatic rings. The Morgan fingerprint density at radius 2 is 0.729 bits per heavy atom. The molecule has 3 atom stereocenters. The van der Waals surface area contributed by atoms with Gasteiger partial charge in [-0.05, 0) is 116 Å². The maximum Gasteiger partial charge on any atom is 0.472 e. The standard InChI is InChI=1S/C58H91O11P/c1-4-7-10-13-16-19-22-25-26-27-28-31-34-37-40-43-46-49-58(62)69-55(51-65-56(60)47-44-41-38-35-32-29-23-20-17-14-11-8-5-2)53-67-70(63,64)66-52-54(50-59)68-57(61)48-45-42-39-36-33-30-24-21-18-15-12-9-6-3/h7-12,16-21,25-26,28-33,38,41,54-55,59H,4-6,13-15,22-24,27,34-37,39-40,42-53H2,1-3H3,(H,63,64)/b10-7-,11-8-,12-9-,19-16-,20-17-,21-18-,26-25-,31-28-,32-29-,33-30-,41-38-. The van der Waals surface area contributed by atoms with Crippen molar-refractivity contribution >= 4 is 25.7 Å². The Morgan fingerprint density at radius 3 is 1.13 bits per heavy atom. The van der Waals surface area contributed by atoms with Crippen molar-refractivity contribution in [3.05, 3.63) is 134 Å². The second-order valence-corrected chi connectivity index (χ2v) is 18.0. The number of hydrogen-bond donors (Lipinski definition) is 2. The molecule has 3 unspecified atom stereocenters. The van der Waals surface area contributed by atoms with E-state index >= 15 is 0 Å². The van der Waals surface area contributed by atoms with E-state index in [1.54, 1.807) is 0 Å². The van der Waals surface area contributed by atoms with Crippen LogP contribution in [0.15, 0.2) is 134 Å². The molecule has 0 rings (SSSR count). The van der Waals surface area contributed by atoms with E-state index in [1.807, 2.05) is 12.2 Å². The second-order valence-electron chi connectivity index (χ2n) is 16.5. The summed E-state index contributed by atoms with van der Waals surface area (Å²) in [6.45, 7) is 4.11. The molecule has 0 aliphatic carbocycles. The van der Waals surface area contributed by atoms with Crippen molar-refractivity contribution in [2.45, 2.75) is 187 Å². The lowest BCUT2D eigenvalue weighted by Crippen LogP contribution is -2.30. The van der Waals surface area contributed by atoms with Gasteiger partial charge in [-0.15, -0.1) is 0 Å². The van der Waals surface area contributed by atoms with E-state index in [0.29, 0.717) is 19.3 Å². The molecule has 0 aromatic heterocycles. The minimum absolute atomic E-state index is 0.0900. The van der Waals surface area contributed by atoms with Crippen LogP contribution in [0.1, 0.15) is 175 Å². The predicted octanol–water partition coefficient (Wildman–Crippen LogP) is 15.0. The molecule has 0 amide bonds. The molecule has 0 bridgehead atoms. The number of allylic oxidation sites excluding steroid dienone is 22. The molecule has 0 heterocycles. The Balaban J connectivity index is 4.91. The molecule has 0 spiro atoms. The summed E-state index contributed by atoms with van der Waals surface area (Å²) in [6, 6.07) is 0. The molecule has 0 saturated carbocycles. The smallest absolute Gasteiger partial charge is 0.462 e. The fourth-order valence-corrected chi connectivity index (χ4v) is 6.98. The van der Waals surface area contributed by atoms with E-state index < -0.39 is 64.4 Å². The monoisotopic (exact) mass is 995 g/mol. The number of aliphatic hydroxyl groups excluding tert-OH is 1. The van der Waals surface area contributed by atoms with Crippen LogP contribution in [0.4, 0.5) is 0 Å². The van der Waals surface area contributed by atoms with Crippen molar-refractivity contribution in [1.29, 1.82) is 0 Å². The summed E-state index contributed by atoms with van der Waals surface area (Å²) in [7, 11) is -4.78. The van der Waals surface area contributed by atoms with Crippen molar-refractivity contribution in [3.63, 3.8) is 0 Å². The number of phosphoric ester groups is 1. The summed E-state index contributed by atoms with van der Waals surface area (Å²) in [6.07, 6.45) is 63.0. The van der Waals surface area contributed by atoms with E-state index in [4.69, 9.17) is 23.3 Å². The topological polar surface area (TPSA) is 155 Å². The van der Waals surface area contributed by atoms with Gasteiger partial charge in [0.15, 0.2) is 6.10 Å². The maximum atomic E-state index is 12.9. The van der Waals surface area contributed by atoms with E-state index in [0.717, 1.165) is 116 Å². The number of carbonyl (C=O) groups is 3. The van der Waals surface area contributed by atoms with Crippen molar-refractivity contribution in [1.82, 2.24) is 0 Å². The predicted molar refractivity (Wildman–Crippen MR) is 288 cm³/mol. The third-order valence-corrected chi connectivity index (χ3v) is 11.0. The van der Waals surface area contributed by atoms with E-state index in [9.17, 15) is 28.9 Å². The summed E-state index contributed by atoms with van der Waals surface area (Å²) in [4.78, 5) is 48.3. The molecule has 70 heavy (non-hydrogen) atoms. The van der Waals surface area contributed by atoms with Gasteiger partial charge in [0.1, 0.15) is 12.7 Å². The molecular formula is C58H91O11P. The Kier molecular flexibility index (Phi) is 47.8. The van der Waals surface area contributed by atoms with Gasteiger partial charge in [0.2, 0.25) is 0 Å². The summed E-state index contributed by atoms with van der Waals surface area (Å²) < 4.78 is 39.2. The SMILES string of the molecule is CC/C=C\C/C=C\C/C=C\C/C=C\CCCCCCC(=O)OC(COC(=O)CC/C=C\C/C=C\C/C=C\C/C=C\CC)COP(=O)(O)OCC(CO)OC(=O)CCCCC/C=C\C/C=C\C/C=C\CC. The Bertz CT molecular complexity index is 1680. The number of hydrogen-bond acceptors (Lipinski definition) is 10. The van der Waals surface area contributed by atoms with Crippen LogP contribution in [0.2, 0.25) is 0 Å². The highest BCUT2D eigenvalue weighted by Gasteiger charge is 2.28. The van der Waals surface area contributed by atoms with Crippen LogP contribution in [0.25, 0.3) is 0 Å². The Labute approximate surface area is 423 Å². The van der Waals surface area contributed by atoms with Crippen LogP contribution in [0.3, 0.4) is 0 Å². The van der Waals surface area contributed by atoms with Gasteiger partial charge in [-0.25, -0.2) is 4.57 Å². The Hall–Kier alpha value is -4.38. The first kappa shape index (κ1) is 65.6. The Morgan fingerprint density at radius 1 is 0.400 bits per heavy atom. The highest BCUT2D eigenvalue weighted by Crippen LogP contribution is 2.43. The summed E-state index contributed by atoms with van der Waals surface area (Å²) in [5.74, 6) is -1.64. The van der Waals surface area contributed by atoms with E-state index in [2.05, 4.69) is 142 Å². The van der Waals surface area contributed by atoms with Crippen LogP contribution in [0.5, 0.6) is 0 Å². The van der Waals surface area contributed by atoms with Crippen LogP contribution >= 0.6 is 7.82 Å². The largest absolute Gasteiger partial charge is 0.472 e. The molecule has 0 saturated heterocycles. The number of unbranched alkanes of at least 4 members (excludes halogenated alkanes) is 7. The van der Waals surface area contributed by atoms with Gasteiger partial charge < -0.3 is 24.2 Å². The zero-order valence-electron chi connectivity index (χ0n) is 43.2. The quantitative estimate of drug-likeness (QED) is 0.0197. The van der Waals surface area contributed by atoms with Crippen LogP contribution in [-0.4, -0.2) is 66.5 Å². The van der Waals surface area contributed by atoms with Gasteiger partial charge in [0, 0.05) is 19.3 Å². The van der Waals surface area contributed by atoms with Gasteiger partial charge in [-0.2, -0.15) is 0 Å². The molecular weight excluding hydrogens is 904 g/mol. The molecule has 0 aromatic rings. The fraction of sp³-hybridized carbons (Fsp3) is 0.569. The molecule has 394 valence electrons. The summed E-state index contributed by atoms with van der Waals surface area (Å²) in [5.41, 5.74) is 0. The van der Waals surface area contributed by atoms with Crippen molar-refractivity contribution in [2.75, 3.05) is 26.4 Å². The van der Waals surface area contributed by atoms with Gasteiger partial charge in [-0.1, -0.05) is 174 Å². The van der Waals surface area contributed by atoms with Gasteiger partial charge >= 0.3 is 25.7 Å². The van der Waals surface area contributed by atoms with E-state index in [1.165, 1.54) is 0 Å². The first-order chi connectivity index (χ1) is 34.2. The lowest BCUT2D eigenvalue weighted by molar-refractivity contribution is -0.161. The second kappa shape index (κ2) is 51.0. The maximum absolute atomic E-state index is 12.9. The average molecular weight is 995 g/mol. The van der Waals surface area contributed by atoms with Crippen molar-refractivity contribution < 1.29 is 52.2 Å². The zero-order chi connectivity index (χ0) is 51.3. The number of aliphatic hydroxyl groups is 1. The van der Waals surface area contributed by atoms with Crippen molar-refractivity contribution in [2.24, 2.45) is 0 Å². The van der Waals surface area contributed by atoms with Gasteiger partial charge in [-0.3, -0.25) is 23.4 Å². The summed E-state index contributed by atoms with van der Waals surface area (Å²) >= 11 is 0. The third kappa shape index (κ3) is 48.6. The average Bonchev–Trinajstić information content (AvgIpc) is 3.35. The molecule has 2 N–H and O–H groups in total. The lowest BCUT2D eigenvalue weighted by Gasteiger charge is -2.21. The number of carbonyl (C=O) groups excluding carboxylic acids is 3. The van der Waals surface area contributed by atoms with Crippen LogP contribution < -0.4 is 0 Å². The minimum atomic E-state index is -4.78. The molecule has 0 aliphatic heterocycles. The fourth-order valence-electron chi connectivity index (χ4n) is 6.20. The number of ether oxygens (including phenoxy) is 3. The first-order valence-electron chi connectivity index (χ1n) is 26.1. The third-order valence-electron chi connectivity index (χ3n) is 10.1. The normalized spacial score (nSPS) is 14.5. The van der Waals surface area contributed by atoms with Crippen molar-refractivity contribution in [3.8, 4) is 0 Å². The number of rotatable bonds is 46. The van der Waals surface area contributed by atoms with Gasteiger partial charge in [0.25, 0.3) is 0 Å². The highest BCUT2D eigenvalue weighted by molar-refractivity contribution is 7.47. The molecule has 0 aromatic carbocycles. The van der Waals surface area contributed by atoms with Gasteiger partial charge in [0.05, 0.1) is 19.8 Å². The first-order valence-corrected chi connectivity index (χ1v) is 27.6. The van der Waals surface area contributed by atoms with Crippen LogP contribution in [0, 0.1) is 0 Å². The molecule has 11 nitrogen and oxygen atoms in total. The lowest BCUT2D eigenvalue weighted by atomic mass is 10.1. The van der Waals surface area contributed by atoms with E-state index in [-0.39, 0.29) is 19.3 Å². The summed E-state index contributed by atoms with van der Waals surface area (Å²) in [5, 5.41) is 9.77. The molecule has 12 heteroatoms. The zero-order valence-corrected chi connectivity index (χ0v) is 44.1. The highest BCUT2D eigenvalue weighted by atomic mass is 31.2. The van der Waals surface area contributed by atoms with Crippen LogP contribution in [-0.2, 0) is 42.2 Å².